The van der Waals surface area contributed by atoms with Gasteiger partial charge in [0, 0.05) is 22.2 Å². The number of benzene rings is 2. The molecular weight excluding hydrogens is 472 g/mol. The van der Waals surface area contributed by atoms with Gasteiger partial charge in [-0.15, -0.1) is 10.2 Å². The SMILES string of the molecule is O=C(CCCSc1nnc(CN2CCCC2)n1Cc1ccccc1)c1ccc(Br)cc1. The lowest BCUT2D eigenvalue weighted by Gasteiger charge is -2.16. The Morgan fingerprint density at radius 2 is 1.71 bits per heavy atom. The molecule has 162 valence electrons. The van der Waals surface area contributed by atoms with Crippen molar-refractivity contribution in [1.82, 2.24) is 19.7 Å². The van der Waals surface area contributed by atoms with E-state index in [1.165, 1.54) is 18.4 Å². The van der Waals surface area contributed by atoms with Crippen LogP contribution < -0.4 is 0 Å². The highest BCUT2D eigenvalue weighted by Crippen LogP contribution is 2.22. The van der Waals surface area contributed by atoms with Gasteiger partial charge in [0.25, 0.3) is 0 Å². The summed E-state index contributed by atoms with van der Waals surface area (Å²) in [5, 5.41) is 9.96. The summed E-state index contributed by atoms with van der Waals surface area (Å²) >= 11 is 5.11. The number of carbonyl (C=O) groups is 1. The molecule has 31 heavy (non-hydrogen) atoms. The second-order valence-electron chi connectivity index (χ2n) is 7.84. The Balaban J connectivity index is 1.37. The van der Waals surface area contributed by atoms with Gasteiger partial charge in [0.1, 0.15) is 5.82 Å². The maximum absolute atomic E-state index is 12.4. The summed E-state index contributed by atoms with van der Waals surface area (Å²) in [7, 11) is 0. The lowest BCUT2D eigenvalue weighted by molar-refractivity contribution is 0.0982. The van der Waals surface area contributed by atoms with Crippen LogP contribution in [0.15, 0.2) is 64.2 Å². The second-order valence-corrected chi connectivity index (χ2v) is 9.81. The van der Waals surface area contributed by atoms with Gasteiger partial charge in [0.15, 0.2) is 10.9 Å². The fourth-order valence-electron chi connectivity index (χ4n) is 3.78. The van der Waals surface area contributed by atoms with Crippen LogP contribution in [-0.2, 0) is 13.1 Å². The molecule has 0 unspecified atom stereocenters. The standard InChI is InChI=1S/C24H27BrN4OS/c25-21-12-10-20(11-13-21)22(30)9-6-16-31-24-27-26-23(18-28-14-4-5-15-28)29(24)17-19-7-2-1-3-8-19/h1-3,7-8,10-13H,4-6,9,14-18H2. The van der Waals surface area contributed by atoms with Crippen LogP contribution in [0.2, 0.25) is 0 Å². The third-order valence-electron chi connectivity index (χ3n) is 5.49. The number of rotatable bonds is 10. The van der Waals surface area contributed by atoms with Crippen molar-refractivity contribution in [1.29, 1.82) is 0 Å². The Kier molecular flexibility index (Phi) is 7.94. The molecule has 0 amide bonds. The molecule has 4 rings (SSSR count). The number of hydrogen-bond donors (Lipinski definition) is 0. The first-order chi connectivity index (χ1) is 15.2. The lowest BCUT2D eigenvalue weighted by Crippen LogP contribution is -2.21. The number of likely N-dealkylation sites (tertiary alicyclic amines) is 1. The maximum Gasteiger partial charge on any atom is 0.191 e. The zero-order valence-corrected chi connectivity index (χ0v) is 19.9. The van der Waals surface area contributed by atoms with E-state index in [2.05, 4.69) is 59.9 Å². The molecule has 1 aromatic heterocycles. The van der Waals surface area contributed by atoms with Gasteiger partial charge in [-0.05, 0) is 50.0 Å². The van der Waals surface area contributed by atoms with Crippen LogP contribution in [0, 0.1) is 0 Å². The molecule has 5 nitrogen and oxygen atoms in total. The van der Waals surface area contributed by atoms with E-state index in [0.717, 1.165) is 59.4 Å². The highest BCUT2D eigenvalue weighted by Gasteiger charge is 2.18. The number of nitrogens with zero attached hydrogens (tertiary/aromatic N) is 4. The minimum atomic E-state index is 0.188. The number of aromatic nitrogens is 3. The fraction of sp³-hybridized carbons (Fsp3) is 0.375. The molecule has 1 saturated heterocycles. The summed E-state index contributed by atoms with van der Waals surface area (Å²) in [6.45, 7) is 3.90. The third kappa shape index (κ3) is 6.28. The number of Topliss-reactive ketones (excluding diaryl/α,β-unsaturated/α-hetero) is 1. The molecule has 0 saturated carbocycles. The van der Waals surface area contributed by atoms with Gasteiger partial charge in [-0.3, -0.25) is 9.69 Å². The van der Waals surface area contributed by atoms with Crippen molar-refractivity contribution in [3.63, 3.8) is 0 Å². The van der Waals surface area contributed by atoms with Crippen molar-refractivity contribution in [2.75, 3.05) is 18.8 Å². The number of carbonyl (C=O) groups excluding carboxylic acids is 1. The predicted octanol–water partition coefficient (Wildman–Crippen LogP) is 5.44. The minimum Gasteiger partial charge on any atom is -0.300 e. The molecule has 0 bridgehead atoms. The Labute approximate surface area is 196 Å². The monoisotopic (exact) mass is 498 g/mol. The average molecular weight is 499 g/mol. The molecule has 1 fully saturated rings. The number of hydrogen-bond acceptors (Lipinski definition) is 5. The highest BCUT2D eigenvalue weighted by atomic mass is 79.9. The van der Waals surface area contributed by atoms with E-state index < -0.39 is 0 Å². The molecule has 0 atom stereocenters. The van der Waals surface area contributed by atoms with Crippen LogP contribution >= 0.6 is 27.7 Å². The Morgan fingerprint density at radius 1 is 0.968 bits per heavy atom. The van der Waals surface area contributed by atoms with E-state index in [4.69, 9.17) is 0 Å². The van der Waals surface area contributed by atoms with E-state index in [0.29, 0.717) is 6.42 Å². The maximum atomic E-state index is 12.4. The van der Waals surface area contributed by atoms with Crippen LogP contribution in [-0.4, -0.2) is 44.3 Å². The van der Waals surface area contributed by atoms with Gasteiger partial charge in [-0.2, -0.15) is 0 Å². The van der Waals surface area contributed by atoms with Crippen molar-refractivity contribution in [2.45, 2.75) is 43.9 Å². The number of thioether (sulfide) groups is 1. The van der Waals surface area contributed by atoms with Crippen molar-refractivity contribution >= 4 is 33.5 Å². The molecule has 0 spiro atoms. The summed E-state index contributed by atoms with van der Waals surface area (Å²) < 4.78 is 3.23. The number of halogens is 1. The van der Waals surface area contributed by atoms with Gasteiger partial charge >= 0.3 is 0 Å². The molecule has 1 aliphatic rings. The quantitative estimate of drug-likeness (QED) is 0.211. The van der Waals surface area contributed by atoms with Crippen LogP contribution in [0.4, 0.5) is 0 Å². The zero-order chi connectivity index (χ0) is 21.5. The van der Waals surface area contributed by atoms with Gasteiger partial charge < -0.3 is 4.57 Å². The average Bonchev–Trinajstić information content (AvgIpc) is 3.43. The molecule has 0 aliphatic carbocycles. The van der Waals surface area contributed by atoms with Gasteiger partial charge in [-0.1, -0.05) is 70.2 Å². The lowest BCUT2D eigenvalue weighted by atomic mass is 10.1. The van der Waals surface area contributed by atoms with E-state index in [-0.39, 0.29) is 5.78 Å². The van der Waals surface area contributed by atoms with Crippen LogP contribution in [0.1, 0.15) is 47.4 Å². The normalized spacial score (nSPS) is 14.2. The first-order valence-electron chi connectivity index (χ1n) is 10.8. The molecule has 1 aliphatic heterocycles. The first kappa shape index (κ1) is 22.2. The van der Waals surface area contributed by atoms with Crippen molar-refractivity contribution in [2.24, 2.45) is 0 Å². The summed E-state index contributed by atoms with van der Waals surface area (Å²) in [6.07, 6.45) is 3.89. The van der Waals surface area contributed by atoms with Crippen LogP contribution in [0.5, 0.6) is 0 Å². The predicted molar refractivity (Wildman–Crippen MR) is 129 cm³/mol. The molecule has 7 heteroatoms. The smallest absolute Gasteiger partial charge is 0.191 e. The summed E-state index contributed by atoms with van der Waals surface area (Å²) in [4.78, 5) is 14.9. The number of ketones is 1. The Morgan fingerprint density at radius 3 is 2.45 bits per heavy atom. The third-order valence-corrected chi connectivity index (χ3v) is 7.07. The van der Waals surface area contributed by atoms with Crippen LogP contribution in [0.25, 0.3) is 0 Å². The molecule has 2 aromatic carbocycles. The van der Waals surface area contributed by atoms with E-state index in [9.17, 15) is 4.79 Å². The molecular formula is C24H27BrN4OS. The van der Waals surface area contributed by atoms with Crippen molar-refractivity contribution in [3.05, 3.63) is 76.0 Å². The van der Waals surface area contributed by atoms with Gasteiger partial charge in [0.2, 0.25) is 0 Å². The zero-order valence-electron chi connectivity index (χ0n) is 17.5. The van der Waals surface area contributed by atoms with E-state index in [1.807, 2.05) is 30.3 Å². The highest BCUT2D eigenvalue weighted by molar-refractivity contribution is 9.10. The van der Waals surface area contributed by atoms with Crippen LogP contribution in [0.3, 0.4) is 0 Å². The topological polar surface area (TPSA) is 51.0 Å². The van der Waals surface area contributed by atoms with E-state index >= 15 is 0 Å². The van der Waals surface area contributed by atoms with Gasteiger partial charge in [0.05, 0.1) is 13.1 Å². The summed E-state index contributed by atoms with van der Waals surface area (Å²) in [5.74, 6) is 2.06. The Hall–Kier alpha value is -1.96. The van der Waals surface area contributed by atoms with Gasteiger partial charge in [-0.25, -0.2) is 0 Å². The van der Waals surface area contributed by atoms with E-state index in [1.54, 1.807) is 11.8 Å². The first-order valence-corrected chi connectivity index (χ1v) is 12.6. The summed E-state index contributed by atoms with van der Waals surface area (Å²) in [6, 6.07) is 18.0. The fourth-order valence-corrected chi connectivity index (χ4v) is 4.94. The van der Waals surface area contributed by atoms with Crippen molar-refractivity contribution < 1.29 is 4.79 Å². The largest absolute Gasteiger partial charge is 0.300 e. The molecule has 0 radical (unpaired) electrons. The molecule has 0 N–H and O–H groups in total. The molecule has 3 aromatic rings. The summed E-state index contributed by atoms with van der Waals surface area (Å²) in [5.41, 5.74) is 2.02. The van der Waals surface area contributed by atoms with Crippen molar-refractivity contribution in [3.8, 4) is 0 Å². The minimum absolute atomic E-state index is 0.188. The second kappa shape index (κ2) is 11.1. The Bertz CT molecular complexity index is 985. The molecule has 2 heterocycles.